The molecular weight excluding hydrogens is 779 g/mol. The van der Waals surface area contributed by atoms with Gasteiger partial charge in [-0.05, 0) is 44.2 Å². The number of likely N-dealkylation sites (tertiary alicyclic amines) is 2. The lowest BCUT2D eigenvalue weighted by atomic mass is 9.72. The second-order valence-corrected chi connectivity index (χ2v) is 15.5. The van der Waals surface area contributed by atoms with Crippen LogP contribution in [0.15, 0.2) is 66.3 Å². The summed E-state index contributed by atoms with van der Waals surface area (Å²) in [6.45, 7) is 1.74. The van der Waals surface area contributed by atoms with Crippen LogP contribution >= 0.6 is 11.3 Å². The molecule has 0 spiro atoms. The van der Waals surface area contributed by atoms with Gasteiger partial charge in [0.25, 0.3) is 11.8 Å². The summed E-state index contributed by atoms with van der Waals surface area (Å²) < 4.78 is 95.9. The van der Waals surface area contributed by atoms with Crippen molar-refractivity contribution in [2.24, 2.45) is 5.41 Å². The molecular formula is C40H40F6N4O6S. The van der Waals surface area contributed by atoms with Gasteiger partial charge in [-0.3, -0.25) is 19.4 Å². The second kappa shape index (κ2) is 16.0. The number of aliphatic carboxylic acids is 1. The number of thiophene rings is 1. The SMILES string of the molecule is CCCC1N(C(=O)c2cnccc2C(F)(F)F)CCCC1(Oc1csc(C(F)(F)F)c1)C(=O)N1CCC(C#N)(c2ccccc2OCCC2(C(=O)O)C=CC2)CC1. The molecule has 3 aliphatic rings. The molecule has 3 atom stereocenters. The number of piperidine rings is 2. The molecule has 0 bridgehead atoms. The Morgan fingerprint density at radius 2 is 1.77 bits per heavy atom. The van der Waals surface area contributed by atoms with Crippen LogP contribution in [0.2, 0.25) is 0 Å². The van der Waals surface area contributed by atoms with E-state index in [1.807, 2.05) is 0 Å². The van der Waals surface area contributed by atoms with Gasteiger partial charge in [0.15, 0.2) is 0 Å². The number of carboxylic acid groups (broad SMARTS) is 1. The highest BCUT2D eigenvalue weighted by atomic mass is 32.1. The summed E-state index contributed by atoms with van der Waals surface area (Å²) in [5, 5.41) is 21.4. The largest absolute Gasteiger partial charge is 0.493 e. The molecule has 2 aliphatic heterocycles. The molecule has 57 heavy (non-hydrogen) atoms. The molecule has 4 heterocycles. The Morgan fingerprint density at radius 3 is 2.37 bits per heavy atom. The summed E-state index contributed by atoms with van der Waals surface area (Å²) >= 11 is 0.360. The fourth-order valence-electron chi connectivity index (χ4n) is 8.09. The van der Waals surface area contributed by atoms with Gasteiger partial charge in [-0.15, -0.1) is 11.3 Å². The molecule has 17 heteroatoms. The van der Waals surface area contributed by atoms with Crippen molar-refractivity contribution in [1.82, 2.24) is 14.8 Å². The number of pyridine rings is 1. The minimum Gasteiger partial charge on any atom is -0.493 e. The lowest BCUT2D eigenvalue weighted by molar-refractivity contribution is -0.160. The second-order valence-electron chi connectivity index (χ2n) is 14.6. The zero-order chi connectivity index (χ0) is 41.2. The van der Waals surface area contributed by atoms with Crippen molar-refractivity contribution in [3.8, 4) is 17.6 Å². The molecule has 2 saturated heterocycles. The summed E-state index contributed by atoms with van der Waals surface area (Å²) in [4.78, 5) is 46.3. The minimum atomic E-state index is -4.91. The van der Waals surface area contributed by atoms with E-state index in [0.29, 0.717) is 41.6 Å². The maximum atomic E-state index is 15.0. The molecule has 2 fully saturated rings. The number of rotatable bonds is 12. The molecule has 3 aromatic rings. The Labute approximate surface area is 328 Å². The van der Waals surface area contributed by atoms with E-state index in [4.69, 9.17) is 9.47 Å². The summed E-state index contributed by atoms with van der Waals surface area (Å²) in [6.07, 6.45) is -3.27. The molecule has 2 amide bonds. The molecule has 0 saturated carbocycles. The van der Waals surface area contributed by atoms with Gasteiger partial charge >= 0.3 is 18.3 Å². The number of nitriles is 1. The molecule has 6 rings (SSSR count). The number of para-hydroxylation sites is 1. The summed E-state index contributed by atoms with van der Waals surface area (Å²) in [5.74, 6) is -2.55. The number of halogens is 6. The summed E-state index contributed by atoms with van der Waals surface area (Å²) in [6, 6.07) is 9.54. The van der Waals surface area contributed by atoms with E-state index in [2.05, 4.69) is 11.1 Å². The normalized spacial score (nSPS) is 23.3. The molecule has 304 valence electrons. The Balaban J connectivity index is 1.31. The maximum absolute atomic E-state index is 15.0. The van der Waals surface area contributed by atoms with Gasteiger partial charge in [0.05, 0.1) is 40.7 Å². The zero-order valence-electron chi connectivity index (χ0n) is 30.9. The molecule has 1 aliphatic carbocycles. The fourth-order valence-corrected chi connectivity index (χ4v) is 8.76. The van der Waals surface area contributed by atoms with Gasteiger partial charge in [0, 0.05) is 61.9 Å². The molecule has 10 nitrogen and oxygen atoms in total. The number of carbonyl (C=O) groups excluding carboxylic acids is 2. The average molecular weight is 819 g/mol. The van der Waals surface area contributed by atoms with Crippen LogP contribution in [0.25, 0.3) is 0 Å². The number of allylic oxidation sites excluding steroid dienone is 1. The topological polar surface area (TPSA) is 133 Å². The predicted molar refractivity (Wildman–Crippen MR) is 194 cm³/mol. The van der Waals surface area contributed by atoms with E-state index >= 15 is 4.79 Å². The number of alkyl halides is 6. The lowest BCUT2D eigenvalue weighted by Crippen LogP contribution is -2.68. The molecule has 0 radical (unpaired) electrons. The van der Waals surface area contributed by atoms with E-state index in [1.54, 1.807) is 43.3 Å². The highest BCUT2D eigenvalue weighted by molar-refractivity contribution is 7.10. The lowest BCUT2D eigenvalue weighted by Gasteiger charge is -2.51. The van der Waals surface area contributed by atoms with E-state index < -0.39 is 68.6 Å². The molecule has 1 aromatic carbocycles. The van der Waals surface area contributed by atoms with E-state index in [0.717, 1.165) is 28.7 Å². The highest BCUT2D eigenvalue weighted by Crippen LogP contribution is 2.45. The fraction of sp³-hybridized carbons (Fsp3) is 0.475. The number of hydrogen-bond acceptors (Lipinski definition) is 8. The number of aromatic nitrogens is 1. The van der Waals surface area contributed by atoms with Crippen LogP contribution in [0.1, 0.15) is 84.7 Å². The van der Waals surface area contributed by atoms with E-state index in [9.17, 15) is 46.3 Å². The first-order valence-electron chi connectivity index (χ1n) is 18.5. The van der Waals surface area contributed by atoms with Crippen LogP contribution < -0.4 is 9.47 Å². The number of carbonyl (C=O) groups is 3. The van der Waals surface area contributed by atoms with Crippen molar-refractivity contribution in [3.05, 3.63) is 87.9 Å². The molecule has 2 aromatic heterocycles. The van der Waals surface area contributed by atoms with Crippen LogP contribution in [0, 0.1) is 16.7 Å². The summed E-state index contributed by atoms with van der Waals surface area (Å²) in [5.41, 5.74) is -5.57. The third kappa shape index (κ3) is 8.05. The first-order valence-corrected chi connectivity index (χ1v) is 19.4. The van der Waals surface area contributed by atoms with Crippen LogP contribution in [0.3, 0.4) is 0 Å². The monoisotopic (exact) mass is 818 g/mol. The van der Waals surface area contributed by atoms with Crippen molar-refractivity contribution >= 4 is 29.1 Å². The third-order valence-corrected chi connectivity index (χ3v) is 12.2. The van der Waals surface area contributed by atoms with Crippen LogP contribution in [0.5, 0.6) is 11.5 Å². The maximum Gasteiger partial charge on any atom is 0.425 e. The van der Waals surface area contributed by atoms with Gasteiger partial charge in [-0.25, -0.2) is 0 Å². The van der Waals surface area contributed by atoms with Gasteiger partial charge in [-0.1, -0.05) is 43.7 Å². The standard InChI is InChI=1S/C40H40F6N4O6S/c1-2-7-31-38(56-26-22-32(57-24-26)40(44,45)46,13-6-18-50(31)33(51)27-23-48-17-10-28(27)39(41,42)43)34(52)49-19-14-37(25-47,15-20-49)29-8-3-4-9-30(29)55-21-16-36(35(53)54)11-5-12-36/h3-5,8-11,17,22-24,31H,2,6-7,12-16,18-21H2,1H3,(H,53,54). The van der Waals surface area contributed by atoms with Crippen molar-refractivity contribution in [3.63, 3.8) is 0 Å². The number of amides is 2. The van der Waals surface area contributed by atoms with Crippen LogP contribution in [-0.4, -0.2) is 75.6 Å². The zero-order valence-corrected chi connectivity index (χ0v) is 31.7. The predicted octanol–water partition coefficient (Wildman–Crippen LogP) is 8.29. The van der Waals surface area contributed by atoms with Gasteiger partial charge in [-0.2, -0.15) is 31.6 Å². The number of hydrogen-bond donors (Lipinski definition) is 1. The average Bonchev–Trinajstić information content (AvgIpc) is 3.65. The van der Waals surface area contributed by atoms with Crippen molar-refractivity contribution in [2.45, 2.75) is 87.7 Å². The highest BCUT2D eigenvalue weighted by Gasteiger charge is 2.57. The smallest absolute Gasteiger partial charge is 0.425 e. The van der Waals surface area contributed by atoms with Gasteiger partial charge in [0.2, 0.25) is 5.60 Å². The Morgan fingerprint density at radius 1 is 1.05 bits per heavy atom. The number of benzene rings is 1. The number of nitrogens with zero attached hydrogens (tertiary/aromatic N) is 4. The first kappa shape index (κ1) is 41.5. The number of carboxylic acids is 1. The Bertz CT molecular complexity index is 2060. The number of ether oxygens (including phenoxy) is 2. The molecule has 1 N–H and O–H groups in total. The van der Waals surface area contributed by atoms with E-state index in [1.165, 1.54) is 4.90 Å². The van der Waals surface area contributed by atoms with Crippen molar-refractivity contribution in [1.29, 1.82) is 5.26 Å². The van der Waals surface area contributed by atoms with Crippen molar-refractivity contribution in [2.75, 3.05) is 26.2 Å². The van der Waals surface area contributed by atoms with Crippen molar-refractivity contribution < 1.29 is 55.3 Å². The first-order chi connectivity index (χ1) is 27.0. The molecule has 3 unspecified atom stereocenters. The third-order valence-electron chi connectivity index (χ3n) is 11.2. The quantitative estimate of drug-likeness (QED) is 0.143. The Kier molecular flexibility index (Phi) is 11.7. The van der Waals surface area contributed by atoms with Gasteiger partial charge < -0.3 is 24.4 Å². The summed E-state index contributed by atoms with van der Waals surface area (Å²) in [7, 11) is 0. The van der Waals surface area contributed by atoms with E-state index in [-0.39, 0.29) is 70.5 Å². The van der Waals surface area contributed by atoms with Gasteiger partial charge in [0.1, 0.15) is 16.4 Å². The van der Waals surface area contributed by atoms with Crippen LogP contribution in [0.4, 0.5) is 26.3 Å². The Hall–Kier alpha value is -5.11. The minimum absolute atomic E-state index is 0.0101. The van der Waals surface area contributed by atoms with Crippen LogP contribution in [-0.2, 0) is 27.4 Å².